The summed E-state index contributed by atoms with van der Waals surface area (Å²) in [5, 5.41) is 4.34. The van der Waals surface area contributed by atoms with Gasteiger partial charge in [0.2, 0.25) is 10.0 Å². The molecule has 0 saturated carbocycles. The van der Waals surface area contributed by atoms with Gasteiger partial charge in [-0.3, -0.25) is 0 Å². The highest BCUT2D eigenvalue weighted by Gasteiger charge is 2.17. The quantitative estimate of drug-likeness (QED) is 0.773. The fourth-order valence-corrected chi connectivity index (χ4v) is 3.56. The highest BCUT2D eigenvalue weighted by Crippen LogP contribution is 2.16. The molecule has 1 heterocycles. The predicted molar refractivity (Wildman–Crippen MR) is 88.7 cm³/mol. The first-order valence-electron chi connectivity index (χ1n) is 7.31. The number of nitrogens with one attached hydrogen (secondary N) is 1. The summed E-state index contributed by atoms with van der Waals surface area (Å²) in [7, 11) is -3.73. The molecule has 24 heavy (non-hydrogen) atoms. The fourth-order valence-electron chi connectivity index (χ4n) is 2.34. The minimum atomic E-state index is -3.73. The number of hydrogen-bond donors (Lipinski definition) is 1. The Hall–Kier alpha value is -2.51. The number of halogens is 1. The molecular weight excluding hydrogens is 329 g/mol. The first kappa shape index (κ1) is 16.4. The van der Waals surface area contributed by atoms with Crippen molar-refractivity contribution in [1.82, 2.24) is 14.5 Å². The Kier molecular flexibility index (Phi) is 4.46. The molecule has 5 nitrogen and oxygen atoms in total. The Morgan fingerprint density at radius 1 is 1.12 bits per heavy atom. The average molecular weight is 345 g/mol. The molecule has 1 aromatic heterocycles. The number of aryl methyl sites for hydroxylation is 1. The third-order valence-corrected chi connectivity index (χ3v) is 5.10. The van der Waals surface area contributed by atoms with Crippen molar-refractivity contribution < 1.29 is 12.8 Å². The van der Waals surface area contributed by atoms with Gasteiger partial charge in [-0.1, -0.05) is 18.2 Å². The lowest BCUT2D eigenvalue weighted by Crippen LogP contribution is -2.24. The van der Waals surface area contributed by atoms with Crippen LogP contribution in [0.2, 0.25) is 0 Å². The molecule has 3 aromatic rings. The fraction of sp³-hybridized carbons (Fsp3) is 0.118. The van der Waals surface area contributed by atoms with Crippen molar-refractivity contribution in [2.45, 2.75) is 18.4 Å². The molecule has 0 saturated heterocycles. The van der Waals surface area contributed by atoms with Gasteiger partial charge in [0.1, 0.15) is 5.82 Å². The molecule has 0 unspecified atom stereocenters. The topological polar surface area (TPSA) is 64.0 Å². The van der Waals surface area contributed by atoms with E-state index in [0.29, 0.717) is 11.3 Å². The van der Waals surface area contributed by atoms with Crippen molar-refractivity contribution in [2.24, 2.45) is 0 Å². The maximum absolute atomic E-state index is 13.1. The van der Waals surface area contributed by atoms with Crippen LogP contribution in [0.25, 0.3) is 5.69 Å². The highest BCUT2D eigenvalue weighted by molar-refractivity contribution is 7.89. The summed E-state index contributed by atoms with van der Waals surface area (Å²) >= 11 is 0. The number of aromatic nitrogens is 2. The van der Waals surface area contributed by atoms with Crippen LogP contribution in [-0.2, 0) is 16.6 Å². The maximum Gasteiger partial charge on any atom is 0.241 e. The molecule has 0 spiro atoms. The van der Waals surface area contributed by atoms with Gasteiger partial charge in [0.05, 0.1) is 22.8 Å². The normalized spacial score (nSPS) is 11.6. The van der Waals surface area contributed by atoms with E-state index in [1.807, 2.05) is 30.3 Å². The molecule has 0 bridgehead atoms. The summed E-state index contributed by atoms with van der Waals surface area (Å²) < 4.78 is 42.0. The van der Waals surface area contributed by atoms with E-state index in [0.717, 1.165) is 11.8 Å². The molecule has 0 aliphatic carbocycles. The van der Waals surface area contributed by atoms with Crippen LogP contribution < -0.4 is 4.72 Å². The maximum atomic E-state index is 13.1. The van der Waals surface area contributed by atoms with Crippen LogP contribution in [0.1, 0.15) is 11.3 Å². The van der Waals surface area contributed by atoms with Gasteiger partial charge in [0.15, 0.2) is 0 Å². The molecule has 0 aliphatic heterocycles. The minimum Gasteiger partial charge on any atom is -0.241 e. The zero-order valence-electron chi connectivity index (χ0n) is 13.0. The lowest BCUT2D eigenvalue weighted by molar-refractivity contribution is 0.578. The standard InChI is InChI=1S/C17H16FN3O2S/c1-13-11-14(18)7-8-17(13)24(22,23)19-12-15-9-10-21(20-15)16-5-3-2-4-6-16/h2-11,19H,12H2,1H3. The van der Waals surface area contributed by atoms with Crippen LogP contribution in [0, 0.1) is 12.7 Å². The van der Waals surface area contributed by atoms with Crippen molar-refractivity contribution >= 4 is 10.0 Å². The monoisotopic (exact) mass is 345 g/mol. The third-order valence-electron chi connectivity index (χ3n) is 3.53. The van der Waals surface area contributed by atoms with E-state index in [1.165, 1.54) is 12.1 Å². The summed E-state index contributed by atoms with van der Waals surface area (Å²) in [4.78, 5) is 0.0615. The van der Waals surface area contributed by atoms with Crippen molar-refractivity contribution in [1.29, 1.82) is 0 Å². The van der Waals surface area contributed by atoms with Gasteiger partial charge in [-0.05, 0) is 48.9 Å². The van der Waals surface area contributed by atoms with E-state index in [2.05, 4.69) is 9.82 Å². The number of hydrogen-bond acceptors (Lipinski definition) is 3. The van der Waals surface area contributed by atoms with Crippen LogP contribution >= 0.6 is 0 Å². The number of sulfonamides is 1. The van der Waals surface area contributed by atoms with Crippen LogP contribution in [0.5, 0.6) is 0 Å². The number of para-hydroxylation sites is 1. The van der Waals surface area contributed by atoms with E-state index >= 15 is 0 Å². The van der Waals surface area contributed by atoms with E-state index in [9.17, 15) is 12.8 Å². The van der Waals surface area contributed by atoms with Crippen molar-refractivity contribution in [3.05, 3.63) is 77.9 Å². The molecule has 3 rings (SSSR count). The lowest BCUT2D eigenvalue weighted by atomic mass is 10.2. The largest absolute Gasteiger partial charge is 0.241 e. The van der Waals surface area contributed by atoms with Crippen LogP contribution in [-0.4, -0.2) is 18.2 Å². The van der Waals surface area contributed by atoms with Crippen LogP contribution in [0.15, 0.2) is 65.7 Å². The molecule has 1 N–H and O–H groups in total. The lowest BCUT2D eigenvalue weighted by Gasteiger charge is -2.08. The Bertz CT molecular complexity index is 953. The molecule has 0 radical (unpaired) electrons. The van der Waals surface area contributed by atoms with E-state index in [4.69, 9.17) is 0 Å². The summed E-state index contributed by atoms with van der Waals surface area (Å²) in [5.41, 5.74) is 1.83. The molecule has 124 valence electrons. The number of rotatable bonds is 5. The van der Waals surface area contributed by atoms with Crippen LogP contribution in [0.4, 0.5) is 4.39 Å². The van der Waals surface area contributed by atoms with Crippen molar-refractivity contribution in [3.8, 4) is 5.69 Å². The first-order chi connectivity index (χ1) is 11.5. The molecule has 0 aliphatic rings. The smallest absolute Gasteiger partial charge is 0.241 e. The summed E-state index contributed by atoms with van der Waals surface area (Å²) in [6.07, 6.45) is 1.77. The zero-order chi connectivity index (χ0) is 17.2. The Morgan fingerprint density at radius 3 is 2.58 bits per heavy atom. The van der Waals surface area contributed by atoms with Gasteiger partial charge < -0.3 is 0 Å². The molecule has 2 aromatic carbocycles. The van der Waals surface area contributed by atoms with Gasteiger partial charge in [0, 0.05) is 6.20 Å². The number of nitrogens with zero attached hydrogens (tertiary/aromatic N) is 2. The molecule has 0 amide bonds. The molecular formula is C17H16FN3O2S. The second-order valence-electron chi connectivity index (χ2n) is 5.32. The van der Waals surface area contributed by atoms with E-state index in [1.54, 1.807) is 23.9 Å². The highest BCUT2D eigenvalue weighted by atomic mass is 32.2. The second kappa shape index (κ2) is 6.54. The summed E-state index contributed by atoms with van der Waals surface area (Å²) in [6.45, 7) is 1.61. The number of benzene rings is 2. The van der Waals surface area contributed by atoms with E-state index in [-0.39, 0.29) is 11.4 Å². The predicted octanol–water partition coefficient (Wildman–Crippen LogP) is 2.80. The third kappa shape index (κ3) is 3.52. The van der Waals surface area contributed by atoms with E-state index < -0.39 is 15.8 Å². The average Bonchev–Trinajstić information content (AvgIpc) is 3.02. The zero-order valence-corrected chi connectivity index (χ0v) is 13.8. The van der Waals surface area contributed by atoms with Gasteiger partial charge >= 0.3 is 0 Å². The van der Waals surface area contributed by atoms with Gasteiger partial charge in [-0.25, -0.2) is 22.2 Å². The summed E-state index contributed by atoms with van der Waals surface area (Å²) in [5.74, 6) is -0.465. The second-order valence-corrected chi connectivity index (χ2v) is 7.06. The molecule has 0 fully saturated rings. The van der Waals surface area contributed by atoms with Crippen LogP contribution in [0.3, 0.4) is 0 Å². The van der Waals surface area contributed by atoms with Gasteiger partial charge in [-0.15, -0.1) is 0 Å². The Morgan fingerprint density at radius 2 is 1.88 bits per heavy atom. The molecule has 0 atom stereocenters. The Balaban J connectivity index is 1.75. The summed E-state index contributed by atoms with van der Waals surface area (Å²) in [6, 6.07) is 14.8. The van der Waals surface area contributed by atoms with Gasteiger partial charge in [-0.2, -0.15) is 5.10 Å². The van der Waals surface area contributed by atoms with Gasteiger partial charge in [0.25, 0.3) is 0 Å². The first-order valence-corrected chi connectivity index (χ1v) is 8.80. The minimum absolute atomic E-state index is 0.0545. The molecule has 7 heteroatoms. The van der Waals surface area contributed by atoms with Crippen molar-refractivity contribution in [2.75, 3.05) is 0 Å². The Labute approximate surface area is 139 Å². The SMILES string of the molecule is Cc1cc(F)ccc1S(=O)(=O)NCc1ccn(-c2ccccc2)n1. The van der Waals surface area contributed by atoms with Crippen molar-refractivity contribution in [3.63, 3.8) is 0 Å².